The molecule has 0 radical (unpaired) electrons. The molecule has 1 atom stereocenters. The van der Waals surface area contributed by atoms with Crippen molar-refractivity contribution >= 4 is 11.6 Å². The molecular weight excluding hydrogens is 341 g/mol. The first kappa shape index (κ1) is 17.0. The predicted molar refractivity (Wildman–Crippen MR) is 80.0 cm³/mol. The molecule has 0 fully saturated rings. The Morgan fingerprint density at radius 1 is 1.36 bits per heavy atom. The molecule has 6 nitrogen and oxygen atoms in total. The Kier molecular flexibility index (Phi) is 4.03. The van der Waals surface area contributed by atoms with Gasteiger partial charge in [-0.1, -0.05) is 12.1 Å². The van der Waals surface area contributed by atoms with Crippen molar-refractivity contribution in [3.05, 3.63) is 54.0 Å². The quantitative estimate of drug-likeness (QED) is 0.920. The van der Waals surface area contributed by atoms with Crippen LogP contribution in [0.2, 0.25) is 0 Å². The molecule has 1 aromatic carbocycles. The first-order valence-electron chi connectivity index (χ1n) is 7.15. The van der Waals surface area contributed by atoms with Gasteiger partial charge in [0.1, 0.15) is 5.75 Å². The van der Waals surface area contributed by atoms with Gasteiger partial charge in [0, 0.05) is 5.56 Å². The van der Waals surface area contributed by atoms with E-state index in [0.717, 1.165) is 6.26 Å². The van der Waals surface area contributed by atoms with Crippen LogP contribution in [0.3, 0.4) is 0 Å². The van der Waals surface area contributed by atoms with E-state index in [9.17, 15) is 23.1 Å². The molecule has 0 spiro atoms. The lowest BCUT2D eigenvalue weighted by Gasteiger charge is -2.31. The summed E-state index contributed by atoms with van der Waals surface area (Å²) in [5, 5.41) is 13.9. The van der Waals surface area contributed by atoms with Gasteiger partial charge in [-0.15, -0.1) is 0 Å². The highest BCUT2D eigenvalue weighted by molar-refractivity contribution is 6.05. The normalized spacial score (nSPS) is 20.5. The van der Waals surface area contributed by atoms with Crippen molar-refractivity contribution in [2.75, 3.05) is 7.11 Å². The van der Waals surface area contributed by atoms with Crippen molar-refractivity contribution in [1.82, 2.24) is 5.01 Å². The zero-order valence-electron chi connectivity index (χ0n) is 12.9. The number of ether oxygens (including phenoxy) is 1. The number of hydrazone groups is 1. The van der Waals surface area contributed by atoms with Crippen molar-refractivity contribution in [2.24, 2.45) is 5.10 Å². The molecule has 2 aromatic rings. The number of amides is 1. The lowest BCUT2D eigenvalue weighted by Crippen LogP contribution is -2.56. The van der Waals surface area contributed by atoms with Crippen molar-refractivity contribution in [2.45, 2.75) is 18.3 Å². The Labute approximate surface area is 140 Å². The molecule has 1 N–H and O–H groups in total. The van der Waals surface area contributed by atoms with E-state index in [1.807, 2.05) is 0 Å². The van der Waals surface area contributed by atoms with Crippen LogP contribution in [0.25, 0.3) is 0 Å². The number of alkyl halides is 3. The monoisotopic (exact) mass is 354 g/mol. The Bertz CT molecular complexity index is 817. The van der Waals surface area contributed by atoms with Crippen molar-refractivity contribution in [3.8, 4) is 5.75 Å². The van der Waals surface area contributed by atoms with E-state index < -0.39 is 24.2 Å². The largest absolute Gasteiger partial charge is 0.497 e. The van der Waals surface area contributed by atoms with Crippen LogP contribution >= 0.6 is 0 Å². The smallest absolute Gasteiger partial charge is 0.438 e. The third-order valence-corrected chi connectivity index (χ3v) is 3.77. The van der Waals surface area contributed by atoms with Crippen LogP contribution in [0.1, 0.15) is 22.5 Å². The highest BCUT2D eigenvalue weighted by Crippen LogP contribution is 2.42. The average Bonchev–Trinajstić information content (AvgIpc) is 3.22. The topological polar surface area (TPSA) is 75.3 Å². The van der Waals surface area contributed by atoms with Gasteiger partial charge in [0.25, 0.3) is 5.72 Å². The fourth-order valence-electron chi connectivity index (χ4n) is 2.45. The molecule has 3 rings (SSSR count). The third kappa shape index (κ3) is 2.86. The number of aliphatic hydroxyl groups is 1. The van der Waals surface area contributed by atoms with Gasteiger partial charge in [-0.2, -0.15) is 23.3 Å². The molecule has 0 aliphatic carbocycles. The van der Waals surface area contributed by atoms with Crippen molar-refractivity contribution in [3.63, 3.8) is 0 Å². The first-order valence-corrected chi connectivity index (χ1v) is 7.15. The third-order valence-electron chi connectivity index (χ3n) is 3.77. The fraction of sp³-hybridized carbons (Fsp3) is 0.250. The van der Waals surface area contributed by atoms with Gasteiger partial charge in [-0.05, 0) is 24.3 Å². The fourth-order valence-corrected chi connectivity index (χ4v) is 2.45. The van der Waals surface area contributed by atoms with Crippen molar-refractivity contribution in [1.29, 1.82) is 0 Å². The van der Waals surface area contributed by atoms with Gasteiger partial charge < -0.3 is 14.3 Å². The summed E-state index contributed by atoms with van der Waals surface area (Å²) in [6.45, 7) is 0. The molecule has 0 saturated carbocycles. The van der Waals surface area contributed by atoms with Crippen LogP contribution in [0.4, 0.5) is 13.2 Å². The summed E-state index contributed by atoms with van der Waals surface area (Å²) >= 11 is 0. The van der Waals surface area contributed by atoms with E-state index in [4.69, 9.17) is 9.15 Å². The Balaban J connectivity index is 2.04. The number of rotatable bonds is 3. The SMILES string of the molecule is COc1cccc(C2=NN(C(=O)c3ccco3)[C@@](O)(C(F)(F)F)C2)c1. The lowest BCUT2D eigenvalue weighted by molar-refractivity contribution is -0.297. The molecule has 0 bridgehead atoms. The molecule has 0 unspecified atom stereocenters. The van der Waals surface area contributed by atoms with Crippen LogP contribution in [-0.4, -0.2) is 40.7 Å². The second-order valence-electron chi connectivity index (χ2n) is 5.36. The highest BCUT2D eigenvalue weighted by Gasteiger charge is 2.63. The Hall–Kier alpha value is -2.81. The minimum Gasteiger partial charge on any atom is -0.497 e. The molecular formula is C16H13F3N2O4. The number of hydrogen-bond donors (Lipinski definition) is 1. The number of halogens is 3. The summed E-state index contributed by atoms with van der Waals surface area (Å²) in [4.78, 5) is 12.3. The Morgan fingerprint density at radius 2 is 2.12 bits per heavy atom. The van der Waals surface area contributed by atoms with E-state index in [2.05, 4.69) is 5.10 Å². The molecule has 132 valence electrons. The van der Waals surface area contributed by atoms with Crippen LogP contribution in [-0.2, 0) is 0 Å². The molecule has 1 aromatic heterocycles. The Morgan fingerprint density at radius 3 is 2.72 bits per heavy atom. The zero-order chi connectivity index (χ0) is 18.2. The maximum absolute atomic E-state index is 13.5. The number of hydrogen-bond acceptors (Lipinski definition) is 5. The summed E-state index contributed by atoms with van der Waals surface area (Å²) in [6.07, 6.45) is -4.88. The summed E-state index contributed by atoms with van der Waals surface area (Å²) in [5.74, 6) is -1.15. The molecule has 25 heavy (non-hydrogen) atoms. The van der Waals surface area contributed by atoms with E-state index in [1.54, 1.807) is 12.1 Å². The molecule has 0 saturated heterocycles. The molecule has 1 aliphatic rings. The van der Waals surface area contributed by atoms with E-state index >= 15 is 0 Å². The van der Waals surface area contributed by atoms with Crippen LogP contribution < -0.4 is 4.74 Å². The average molecular weight is 354 g/mol. The summed E-state index contributed by atoms with van der Waals surface area (Å²) in [7, 11) is 1.41. The number of benzene rings is 1. The van der Waals surface area contributed by atoms with Gasteiger partial charge in [0.15, 0.2) is 5.76 Å². The minimum absolute atomic E-state index is 0.0145. The van der Waals surface area contributed by atoms with Crippen LogP contribution in [0, 0.1) is 0 Å². The second kappa shape index (κ2) is 5.92. The highest BCUT2D eigenvalue weighted by atomic mass is 19.4. The van der Waals surface area contributed by atoms with Gasteiger partial charge in [0.05, 0.1) is 25.5 Å². The predicted octanol–water partition coefficient (Wildman–Crippen LogP) is 2.79. The maximum Gasteiger partial charge on any atom is 0.438 e. The van der Waals surface area contributed by atoms with Gasteiger partial charge >= 0.3 is 12.1 Å². The van der Waals surface area contributed by atoms with Crippen LogP contribution in [0.5, 0.6) is 5.75 Å². The number of methoxy groups -OCH3 is 1. The van der Waals surface area contributed by atoms with Gasteiger partial charge in [-0.3, -0.25) is 4.79 Å². The molecule has 9 heteroatoms. The molecule has 1 aliphatic heterocycles. The van der Waals surface area contributed by atoms with E-state index in [0.29, 0.717) is 11.3 Å². The number of furan rings is 1. The number of carbonyl (C=O) groups excluding carboxylic acids is 1. The summed E-state index contributed by atoms with van der Waals surface area (Å²) in [5.41, 5.74) is -3.26. The molecule has 1 amide bonds. The first-order chi connectivity index (χ1) is 11.8. The van der Waals surface area contributed by atoms with E-state index in [-0.39, 0.29) is 16.5 Å². The summed E-state index contributed by atoms with van der Waals surface area (Å²) < 4.78 is 50.2. The maximum atomic E-state index is 13.5. The van der Waals surface area contributed by atoms with Crippen LogP contribution in [0.15, 0.2) is 52.2 Å². The number of carbonyl (C=O) groups is 1. The standard InChI is InChI=1S/C16H13F3N2O4/c1-24-11-5-2-4-10(8-11)12-9-15(23,16(17,18)19)21(20-12)14(22)13-6-3-7-25-13/h2-8,23H,9H2,1H3/t15-/m0/s1. The lowest BCUT2D eigenvalue weighted by atomic mass is 10.0. The number of nitrogens with zero attached hydrogens (tertiary/aromatic N) is 2. The minimum atomic E-state index is -5.11. The second-order valence-corrected chi connectivity index (χ2v) is 5.36. The van der Waals surface area contributed by atoms with Gasteiger partial charge in [0.2, 0.25) is 0 Å². The zero-order valence-corrected chi connectivity index (χ0v) is 12.9. The molecule has 2 heterocycles. The van der Waals surface area contributed by atoms with E-state index in [1.165, 1.54) is 31.4 Å². The van der Waals surface area contributed by atoms with Crippen molar-refractivity contribution < 1.29 is 32.2 Å². The van der Waals surface area contributed by atoms with Gasteiger partial charge in [-0.25, -0.2) is 0 Å². The summed E-state index contributed by atoms with van der Waals surface area (Å²) in [6, 6.07) is 8.71.